The van der Waals surface area contributed by atoms with Crippen molar-refractivity contribution in [2.75, 3.05) is 17.7 Å². The van der Waals surface area contributed by atoms with E-state index in [1.807, 2.05) is 39.9 Å². The van der Waals surface area contributed by atoms with Crippen molar-refractivity contribution in [3.8, 4) is 17.3 Å². The summed E-state index contributed by atoms with van der Waals surface area (Å²) < 4.78 is 22.0. The summed E-state index contributed by atoms with van der Waals surface area (Å²) >= 11 is 0. The Labute approximate surface area is 218 Å². The average Bonchev–Trinajstić information content (AvgIpc) is 3.55. The van der Waals surface area contributed by atoms with Gasteiger partial charge >= 0.3 is 0 Å². The standard InChI is InChI=1S/C28H25FN8O/c1-38-25-26(30)33-27(34-28(25)37(19-9-13-31-14-10-19)20-11-15-32-16-12-20)24-21-6-4-8-23(21)36(35-24)17-18-5-2-3-7-22(18)29/h2-3,5,7,9-16H,4,6,8,17H2,1H3,(H2,30,33,34). The topological polar surface area (TPSA) is 108 Å². The Balaban J connectivity index is 1.51. The molecule has 5 aromatic rings. The monoisotopic (exact) mass is 508 g/mol. The molecule has 0 saturated carbocycles. The van der Waals surface area contributed by atoms with Crippen molar-refractivity contribution in [1.82, 2.24) is 29.7 Å². The van der Waals surface area contributed by atoms with E-state index in [0.717, 1.165) is 41.9 Å². The van der Waals surface area contributed by atoms with Crippen LogP contribution in [0.1, 0.15) is 23.2 Å². The lowest BCUT2D eigenvalue weighted by Gasteiger charge is -2.26. The minimum Gasteiger partial charge on any atom is -0.490 e. The number of nitrogens with zero attached hydrogens (tertiary/aromatic N) is 7. The molecular weight excluding hydrogens is 483 g/mol. The number of nitrogens with two attached hydrogens (primary N) is 1. The van der Waals surface area contributed by atoms with Crippen molar-refractivity contribution >= 4 is 23.0 Å². The maximum atomic E-state index is 14.4. The molecule has 38 heavy (non-hydrogen) atoms. The van der Waals surface area contributed by atoms with Gasteiger partial charge in [-0.15, -0.1) is 0 Å². The Bertz CT molecular complexity index is 1550. The SMILES string of the molecule is COc1c(N)nc(-c2nn(Cc3ccccc3F)c3c2CCC3)nc1N(c1ccncc1)c1ccncc1. The molecule has 2 N–H and O–H groups in total. The van der Waals surface area contributed by atoms with Crippen LogP contribution in [0.2, 0.25) is 0 Å². The van der Waals surface area contributed by atoms with Crippen LogP contribution in [0, 0.1) is 5.82 Å². The summed E-state index contributed by atoms with van der Waals surface area (Å²) in [6.07, 6.45) is 9.51. The molecule has 4 aromatic heterocycles. The molecule has 1 aliphatic carbocycles. The van der Waals surface area contributed by atoms with Gasteiger partial charge in [0.1, 0.15) is 11.5 Å². The molecule has 10 heteroatoms. The molecule has 190 valence electrons. The van der Waals surface area contributed by atoms with E-state index in [1.54, 1.807) is 36.9 Å². The minimum atomic E-state index is -0.256. The number of fused-ring (bicyclic) bond motifs is 1. The van der Waals surface area contributed by atoms with Gasteiger partial charge in [0, 0.05) is 41.6 Å². The quantitative estimate of drug-likeness (QED) is 0.332. The molecule has 0 fully saturated rings. The summed E-state index contributed by atoms with van der Waals surface area (Å²) in [6.45, 7) is 0.327. The van der Waals surface area contributed by atoms with Gasteiger partial charge in [-0.05, 0) is 49.6 Å². The van der Waals surface area contributed by atoms with Crippen LogP contribution in [0.25, 0.3) is 11.5 Å². The number of hydrogen-bond donors (Lipinski definition) is 1. The van der Waals surface area contributed by atoms with Crippen molar-refractivity contribution in [1.29, 1.82) is 0 Å². The van der Waals surface area contributed by atoms with Crippen molar-refractivity contribution in [2.24, 2.45) is 0 Å². The number of halogens is 1. The number of benzene rings is 1. The van der Waals surface area contributed by atoms with Crippen molar-refractivity contribution in [2.45, 2.75) is 25.8 Å². The van der Waals surface area contributed by atoms with Crippen LogP contribution < -0.4 is 15.4 Å². The zero-order valence-corrected chi connectivity index (χ0v) is 20.8. The van der Waals surface area contributed by atoms with Gasteiger partial charge in [0.2, 0.25) is 5.75 Å². The van der Waals surface area contributed by atoms with Crippen molar-refractivity contribution < 1.29 is 9.13 Å². The second kappa shape index (κ2) is 9.89. The van der Waals surface area contributed by atoms with Gasteiger partial charge in [-0.25, -0.2) is 14.4 Å². The number of ether oxygens (including phenoxy) is 1. The first-order valence-corrected chi connectivity index (χ1v) is 12.3. The van der Waals surface area contributed by atoms with E-state index in [9.17, 15) is 4.39 Å². The highest BCUT2D eigenvalue weighted by Gasteiger charge is 2.28. The molecule has 0 aliphatic heterocycles. The average molecular weight is 509 g/mol. The molecule has 0 amide bonds. The van der Waals surface area contributed by atoms with Gasteiger partial charge in [-0.1, -0.05) is 18.2 Å². The van der Waals surface area contributed by atoms with E-state index in [0.29, 0.717) is 35.2 Å². The van der Waals surface area contributed by atoms with Gasteiger partial charge in [-0.2, -0.15) is 5.10 Å². The summed E-state index contributed by atoms with van der Waals surface area (Å²) in [6, 6.07) is 14.3. The fourth-order valence-corrected chi connectivity index (χ4v) is 4.90. The Morgan fingerprint density at radius 2 is 1.63 bits per heavy atom. The Morgan fingerprint density at radius 1 is 0.947 bits per heavy atom. The van der Waals surface area contributed by atoms with E-state index in [-0.39, 0.29) is 11.6 Å². The fraction of sp³-hybridized carbons (Fsp3) is 0.179. The van der Waals surface area contributed by atoms with Crippen molar-refractivity contribution in [3.63, 3.8) is 0 Å². The minimum absolute atomic E-state index is 0.191. The molecule has 0 bridgehead atoms. The first-order chi connectivity index (χ1) is 18.6. The predicted octanol–water partition coefficient (Wildman–Crippen LogP) is 4.87. The highest BCUT2D eigenvalue weighted by Crippen LogP contribution is 2.42. The molecular formula is C28H25FN8O. The van der Waals surface area contributed by atoms with Crippen LogP contribution in [-0.4, -0.2) is 36.8 Å². The molecule has 6 rings (SSSR count). The Kier molecular flexibility index (Phi) is 6.12. The second-order valence-electron chi connectivity index (χ2n) is 8.91. The first kappa shape index (κ1) is 23.5. The third kappa shape index (κ3) is 4.19. The summed E-state index contributed by atoms with van der Waals surface area (Å²) in [7, 11) is 1.54. The molecule has 0 atom stereocenters. The zero-order valence-electron chi connectivity index (χ0n) is 20.8. The zero-order chi connectivity index (χ0) is 26.1. The molecule has 0 spiro atoms. The second-order valence-corrected chi connectivity index (χ2v) is 8.91. The molecule has 1 aromatic carbocycles. The van der Waals surface area contributed by atoms with Crippen LogP contribution >= 0.6 is 0 Å². The Morgan fingerprint density at radius 3 is 2.29 bits per heavy atom. The van der Waals surface area contributed by atoms with Gasteiger partial charge in [0.25, 0.3) is 0 Å². The van der Waals surface area contributed by atoms with E-state index in [2.05, 4.69) is 15.0 Å². The third-order valence-electron chi connectivity index (χ3n) is 6.63. The van der Waals surface area contributed by atoms with Crippen LogP contribution in [0.3, 0.4) is 0 Å². The highest BCUT2D eigenvalue weighted by molar-refractivity contribution is 5.81. The molecule has 1 aliphatic rings. The first-order valence-electron chi connectivity index (χ1n) is 12.3. The number of aromatic nitrogens is 6. The lowest BCUT2D eigenvalue weighted by molar-refractivity contribution is 0.415. The van der Waals surface area contributed by atoms with Gasteiger partial charge < -0.3 is 10.5 Å². The molecule has 0 radical (unpaired) electrons. The van der Waals surface area contributed by atoms with Crippen molar-refractivity contribution in [3.05, 3.63) is 96.0 Å². The molecule has 0 unspecified atom stereocenters. The van der Waals surface area contributed by atoms with Crippen LogP contribution in [0.15, 0.2) is 73.3 Å². The van der Waals surface area contributed by atoms with Crippen LogP contribution in [0.4, 0.5) is 27.4 Å². The van der Waals surface area contributed by atoms with E-state index in [4.69, 9.17) is 20.6 Å². The van der Waals surface area contributed by atoms with E-state index in [1.165, 1.54) is 13.2 Å². The van der Waals surface area contributed by atoms with E-state index < -0.39 is 0 Å². The largest absolute Gasteiger partial charge is 0.490 e. The lowest BCUT2D eigenvalue weighted by atomic mass is 10.2. The molecule has 9 nitrogen and oxygen atoms in total. The van der Waals surface area contributed by atoms with Crippen LogP contribution in [-0.2, 0) is 19.4 Å². The van der Waals surface area contributed by atoms with Crippen LogP contribution in [0.5, 0.6) is 5.75 Å². The number of anilines is 4. The van der Waals surface area contributed by atoms with Gasteiger partial charge in [0.15, 0.2) is 17.5 Å². The predicted molar refractivity (Wildman–Crippen MR) is 142 cm³/mol. The maximum Gasteiger partial charge on any atom is 0.204 e. The lowest BCUT2D eigenvalue weighted by Crippen LogP contribution is -2.15. The van der Waals surface area contributed by atoms with E-state index >= 15 is 0 Å². The fourth-order valence-electron chi connectivity index (χ4n) is 4.90. The number of rotatable bonds is 7. The molecule has 4 heterocycles. The number of pyridine rings is 2. The highest BCUT2D eigenvalue weighted by atomic mass is 19.1. The molecule has 0 saturated heterocycles. The van der Waals surface area contributed by atoms with Gasteiger partial charge in [0.05, 0.1) is 25.0 Å². The summed E-state index contributed by atoms with van der Waals surface area (Å²) in [5.74, 6) is 1.12. The number of hydrogen-bond acceptors (Lipinski definition) is 8. The summed E-state index contributed by atoms with van der Waals surface area (Å²) in [5.41, 5.74) is 11.4. The number of nitrogen functional groups attached to an aromatic ring is 1. The maximum absolute atomic E-state index is 14.4. The third-order valence-corrected chi connectivity index (χ3v) is 6.63. The van der Waals surface area contributed by atoms with Gasteiger partial charge in [-0.3, -0.25) is 19.5 Å². The number of methoxy groups -OCH3 is 1. The smallest absolute Gasteiger partial charge is 0.204 e. The summed E-state index contributed by atoms with van der Waals surface area (Å²) in [5, 5.41) is 4.87. The summed E-state index contributed by atoms with van der Waals surface area (Å²) in [4.78, 5) is 19.8. The normalized spacial score (nSPS) is 12.4. The Hall–Kier alpha value is -4.86.